The maximum absolute atomic E-state index is 12.9. The van der Waals surface area contributed by atoms with Crippen LogP contribution >= 0.6 is 0 Å². The SMILES string of the molecule is COc1ccc(S(=O)(=O)NC2CCCC(C)C2)cc1N1CCNCC1. The Labute approximate surface area is 151 Å². The summed E-state index contributed by atoms with van der Waals surface area (Å²) in [5, 5.41) is 3.31. The normalized spacial score (nSPS) is 25.0. The average molecular weight is 368 g/mol. The Morgan fingerprint density at radius 3 is 2.68 bits per heavy atom. The maximum atomic E-state index is 12.9. The minimum absolute atomic E-state index is 0.0403. The molecule has 0 aromatic heterocycles. The molecule has 2 aliphatic rings. The van der Waals surface area contributed by atoms with Crippen LogP contribution in [0.15, 0.2) is 23.1 Å². The third kappa shape index (κ3) is 4.46. The second-order valence-electron chi connectivity index (χ2n) is 7.16. The number of piperazine rings is 1. The van der Waals surface area contributed by atoms with Gasteiger partial charge in [-0.3, -0.25) is 0 Å². The molecule has 0 radical (unpaired) electrons. The van der Waals surface area contributed by atoms with E-state index in [1.807, 2.05) is 0 Å². The number of sulfonamides is 1. The van der Waals surface area contributed by atoms with E-state index in [-0.39, 0.29) is 6.04 Å². The minimum atomic E-state index is -3.52. The summed E-state index contributed by atoms with van der Waals surface area (Å²) in [6.45, 7) is 5.65. The largest absolute Gasteiger partial charge is 0.495 e. The zero-order valence-corrected chi connectivity index (χ0v) is 15.9. The highest BCUT2D eigenvalue weighted by molar-refractivity contribution is 7.89. The number of nitrogens with one attached hydrogen (secondary N) is 2. The number of anilines is 1. The standard InChI is InChI=1S/C18H29N3O3S/c1-14-4-3-5-15(12-14)20-25(22,23)16-6-7-18(24-2)17(13-16)21-10-8-19-9-11-21/h6-7,13-15,19-20H,3-5,8-12H2,1-2H3. The van der Waals surface area contributed by atoms with Gasteiger partial charge in [0.2, 0.25) is 10.0 Å². The average Bonchev–Trinajstić information content (AvgIpc) is 2.61. The van der Waals surface area contributed by atoms with Gasteiger partial charge in [0, 0.05) is 32.2 Å². The molecule has 0 amide bonds. The van der Waals surface area contributed by atoms with Crippen molar-refractivity contribution in [1.29, 1.82) is 0 Å². The monoisotopic (exact) mass is 367 g/mol. The first-order chi connectivity index (χ1) is 12.0. The van der Waals surface area contributed by atoms with Crippen LogP contribution in [0.5, 0.6) is 5.75 Å². The van der Waals surface area contributed by atoms with E-state index in [0.717, 1.165) is 51.1 Å². The Kier molecular flexibility index (Phi) is 5.86. The molecule has 140 valence electrons. The predicted octanol–water partition coefficient (Wildman–Crippen LogP) is 1.96. The summed E-state index contributed by atoms with van der Waals surface area (Å²) in [7, 11) is -1.90. The molecule has 1 saturated carbocycles. The molecule has 3 rings (SSSR count). The van der Waals surface area contributed by atoms with Gasteiger partial charge in [-0.1, -0.05) is 19.8 Å². The van der Waals surface area contributed by atoms with Crippen LogP contribution in [0.3, 0.4) is 0 Å². The first kappa shape index (κ1) is 18.5. The van der Waals surface area contributed by atoms with Crippen molar-refractivity contribution in [3.63, 3.8) is 0 Å². The Balaban J connectivity index is 1.82. The van der Waals surface area contributed by atoms with Crippen molar-refractivity contribution in [3.05, 3.63) is 18.2 Å². The van der Waals surface area contributed by atoms with Gasteiger partial charge < -0.3 is 15.0 Å². The van der Waals surface area contributed by atoms with Gasteiger partial charge in [-0.25, -0.2) is 13.1 Å². The van der Waals surface area contributed by atoms with Crippen LogP contribution in [-0.2, 0) is 10.0 Å². The van der Waals surface area contributed by atoms with Gasteiger partial charge >= 0.3 is 0 Å². The molecule has 1 aliphatic carbocycles. The minimum Gasteiger partial charge on any atom is -0.495 e. The smallest absolute Gasteiger partial charge is 0.240 e. The molecule has 7 heteroatoms. The summed E-state index contributed by atoms with van der Waals surface area (Å²) in [4.78, 5) is 2.50. The van der Waals surface area contributed by atoms with Crippen molar-refractivity contribution >= 4 is 15.7 Å². The lowest BCUT2D eigenvalue weighted by Crippen LogP contribution is -2.43. The summed E-state index contributed by atoms with van der Waals surface area (Å²) < 4.78 is 34.1. The Morgan fingerprint density at radius 1 is 1.24 bits per heavy atom. The topological polar surface area (TPSA) is 70.7 Å². The van der Waals surface area contributed by atoms with E-state index in [4.69, 9.17) is 4.74 Å². The zero-order valence-electron chi connectivity index (χ0n) is 15.1. The highest BCUT2D eigenvalue weighted by atomic mass is 32.2. The lowest BCUT2D eigenvalue weighted by Gasteiger charge is -2.31. The fourth-order valence-electron chi connectivity index (χ4n) is 3.82. The number of hydrogen-bond donors (Lipinski definition) is 2. The lowest BCUT2D eigenvalue weighted by molar-refractivity contribution is 0.327. The van der Waals surface area contributed by atoms with Gasteiger partial charge in [0.15, 0.2) is 0 Å². The van der Waals surface area contributed by atoms with Crippen molar-refractivity contribution in [2.45, 2.75) is 43.5 Å². The number of ether oxygens (including phenoxy) is 1. The first-order valence-corrected chi connectivity index (χ1v) is 10.6. The molecular weight excluding hydrogens is 338 g/mol. The summed E-state index contributed by atoms with van der Waals surface area (Å²) in [6, 6.07) is 5.19. The van der Waals surface area contributed by atoms with Gasteiger partial charge in [0.1, 0.15) is 5.75 Å². The highest BCUT2D eigenvalue weighted by Gasteiger charge is 2.26. The van der Waals surface area contributed by atoms with E-state index in [9.17, 15) is 8.42 Å². The van der Waals surface area contributed by atoms with Crippen molar-refractivity contribution in [2.24, 2.45) is 5.92 Å². The highest BCUT2D eigenvalue weighted by Crippen LogP contribution is 2.32. The molecule has 1 aromatic rings. The van der Waals surface area contributed by atoms with Gasteiger partial charge in [-0.2, -0.15) is 0 Å². The predicted molar refractivity (Wildman–Crippen MR) is 99.8 cm³/mol. The van der Waals surface area contributed by atoms with Crippen molar-refractivity contribution < 1.29 is 13.2 Å². The quantitative estimate of drug-likeness (QED) is 0.833. The third-order valence-electron chi connectivity index (χ3n) is 5.18. The number of nitrogens with zero attached hydrogens (tertiary/aromatic N) is 1. The molecule has 1 heterocycles. The van der Waals surface area contributed by atoms with Crippen LogP contribution < -0.4 is 19.7 Å². The number of methoxy groups -OCH3 is 1. The van der Waals surface area contributed by atoms with E-state index >= 15 is 0 Å². The van der Waals surface area contributed by atoms with Gasteiger partial charge in [0.25, 0.3) is 0 Å². The Hall–Kier alpha value is -1.31. The first-order valence-electron chi connectivity index (χ1n) is 9.15. The fourth-order valence-corrected chi connectivity index (χ4v) is 5.12. The second kappa shape index (κ2) is 7.93. The summed E-state index contributed by atoms with van der Waals surface area (Å²) in [5.41, 5.74) is 0.851. The van der Waals surface area contributed by atoms with E-state index in [1.54, 1.807) is 25.3 Å². The van der Waals surface area contributed by atoms with Gasteiger partial charge in [-0.05, 0) is 37.0 Å². The summed E-state index contributed by atoms with van der Waals surface area (Å²) in [6.07, 6.45) is 4.11. The lowest BCUT2D eigenvalue weighted by atomic mass is 9.88. The molecule has 0 spiro atoms. The van der Waals surface area contributed by atoms with Crippen LogP contribution in [0, 0.1) is 5.92 Å². The van der Waals surface area contributed by atoms with Crippen molar-refractivity contribution in [3.8, 4) is 5.75 Å². The molecule has 6 nitrogen and oxygen atoms in total. The second-order valence-corrected chi connectivity index (χ2v) is 8.87. The van der Waals surface area contributed by atoms with E-state index < -0.39 is 10.0 Å². The number of benzene rings is 1. The van der Waals surface area contributed by atoms with Crippen LogP contribution in [0.1, 0.15) is 32.6 Å². The maximum Gasteiger partial charge on any atom is 0.240 e. The van der Waals surface area contributed by atoms with Crippen LogP contribution in [0.25, 0.3) is 0 Å². The molecule has 2 unspecified atom stereocenters. The summed E-state index contributed by atoms with van der Waals surface area (Å²) >= 11 is 0. The Morgan fingerprint density at radius 2 is 2.00 bits per heavy atom. The molecule has 25 heavy (non-hydrogen) atoms. The molecule has 2 atom stereocenters. The van der Waals surface area contributed by atoms with E-state index in [2.05, 4.69) is 21.9 Å². The molecule has 0 bridgehead atoms. The number of rotatable bonds is 5. The fraction of sp³-hybridized carbons (Fsp3) is 0.667. The molecule has 2 N–H and O–H groups in total. The molecule has 1 saturated heterocycles. The van der Waals surface area contributed by atoms with Crippen LogP contribution in [-0.4, -0.2) is 47.7 Å². The molecule has 2 fully saturated rings. The number of hydrogen-bond acceptors (Lipinski definition) is 5. The van der Waals surface area contributed by atoms with Crippen LogP contribution in [0.4, 0.5) is 5.69 Å². The molecular formula is C18H29N3O3S. The zero-order chi connectivity index (χ0) is 17.9. The summed E-state index contributed by atoms with van der Waals surface area (Å²) in [5.74, 6) is 1.29. The third-order valence-corrected chi connectivity index (χ3v) is 6.69. The van der Waals surface area contributed by atoms with Gasteiger partial charge in [0.05, 0.1) is 17.7 Å². The molecule has 1 aliphatic heterocycles. The Bertz CT molecular complexity index is 687. The van der Waals surface area contributed by atoms with E-state index in [1.165, 1.54) is 6.42 Å². The van der Waals surface area contributed by atoms with Crippen molar-refractivity contribution in [2.75, 3.05) is 38.2 Å². The molecule has 1 aromatic carbocycles. The van der Waals surface area contributed by atoms with Gasteiger partial charge in [-0.15, -0.1) is 0 Å². The van der Waals surface area contributed by atoms with E-state index in [0.29, 0.717) is 16.6 Å². The van der Waals surface area contributed by atoms with Crippen molar-refractivity contribution in [1.82, 2.24) is 10.0 Å². The van der Waals surface area contributed by atoms with Crippen LogP contribution in [0.2, 0.25) is 0 Å².